The van der Waals surface area contributed by atoms with Gasteiger partial charge in [0.1, 0.15) is 0 Å². The Balaban J connectivity index is 0.00000338. The number of guanidine groups is 1. The Kier molecular flexibility index (Phi) is 11.5. The quantitative estimate of drug-likeness (QED) is 0.224. The predicted octanol–water partition coefficient (Wildman–Crippen LogP) is 3.85. The summed E-state index contributed by atoms with van der Waals surface area (Å²) in [5, 5.41) is 7.50. The lowest BCUT2D eigenvalue weighted by Crippen LogP contribution is -2.47. The monoisotopic (exact) mass is 495 g/mol. The summed E-state index contributed by atoms with van der Waals surface area (Å²) in [6.07, 6.45) is 4.96. The van der Waals surface area contributed by atoms with Crippen LogP contribution in [0.5, 0.6) is 0 Å². The molecule has 5 nitrogen and oxygen atoms in total. The average Bonchev–Trinajstić information content (AvgIpc) is 2.60. The van der Waals surface area contributed by atoms with Gasteiger partial charge >= 0.3 is 0 Å². The normalized spacial score (nSPS) is 15.7. The first-order chi connectivity index (χ1) is 12.2. The molecule has 26 heavy (non-hydrogen) atoms. The van der Waals surface area contributed by atoms with Gasteiger partial charge in [-0.15, -0.1) is 24.0 Å². The molecule has 0 bridgehead atoms. The Labute approximate surface area is 179 Å². The largest absolute Gasteiger partial charge is 0.385 e. The van der Waals surface area contributed by atoms with Gasteiger partial charge in [-0.2, -0.15) is 0 Å². The summed E-state index contributed by atoms with van der Waals surface area (Å²) in [4.78, 5) is 4.29. The van der Waals surface area contributed by atoms with Crippen LogP contribution >= 0.6 is 35.6 Å². The van der Waals surface area contributed by atoms with Crippen LogP contribution in [-0.2, 0) is 16.1 Å². The average molecular weight is 496 g/mol. The first-order valence-electron chi connectivity index (χ1n) is 8.93. The van der Waals surface area contributed by atoms with Gasteiger partial charge in [-0.3, -0.25) is 4.99 Å². The third kappa shape index (κ3) is 7.98. The van der Waals surface area contributed by atoms with E-state index in [-0.39, 0.29) is 24.0 Å². The maximum absolute atomic E-state index is 5.87. The summed E-state index contributed by atoms with van der Waals surface area (Å²) in [5.41, 5.74) is 1.50. The van der Waals surface area contributed by atoms with E-state index in [1.165, 1.54) is 19.3 Å². The van der Waals surface area contributed by atoms with E-state index in [1.807, 2.05) is 24.3 Å². The van der Waals surface area contributed by atoms with E-state index < -0.39 is 0 Å². The fourth-order valence-electron chi connectivity index (χ4n) is 3.01. The second kappa shape index (κ2) is 12.8. The summed E-state index contributed by atoms with van der Waals surface area (Å²) >= 11 is 5.87. The molecule has 148 valence electrons. The Bertz CT molecular complexity index is 536. The number of hydrogen-bond donors (Lipinski definition) is 2. The summed E-state index contributed by atoms with van der Waals surface area (Å²) in [6, 6.07) is 7.72. The van der Waals surface area contributed by atoms with Gasteiger partial charge in [0.25, 0.3) is 0 Å². The number of aliphatic imine (C=N–C) groups is 1. The van der Waals surface area contributed by atoms with Crippen molar-refractivity contribution < 1.29 is 9.47 Å². The van der Waals surface area contributed by atoms with E-state index in [1.54, 1.807) is 14.2 Å². The molecule has 2 rings (SSSR count). The van der Waals surface area contributed by atoms with Crippen molar-refractivity contribution in [2.45, 2.75) is 32.3 Å². The molecule has 0 unspecified atom stereocenters. The molecule has 0 radical (unpaired) electrons. The zero-order chi connectivity index (χ0) is 18.0. The molecule has 1 aromatic rings. The van der Waals surface area contributed by atoms with E-state index in [4.69, 9.17) is 21.1 Å². The number of benzene rings is 1. The van der Waals surface area contributed by atoms with Crippen LogP contribution in [-0.4, -0.2) is 46.4 Å². The van der Waals surface area contributed by atoms with Gasteiger partial charge in [0.2, 0.25) is 0 Å². The van der Waals surface area contributed by atoms with Crippen molar-refractivity contribution in [1.29, 1.82) is 0 Å². The van der Waals surface area contributed by atoms with Crippen LogP contribution in [0.25, 0.3) is 0 Å². The molecule has 0 spiro atoms. The molecule has 2 N–H and O–H groups in total. The van der Waals surface area contributed by atoms with E-state index in [0.717, 1.165) is 42.7 Å². The topological polar surface area (TPSA) is 54.9 Å². The fraction of sp³-hybridized carbons (Fsp3) is 0.632. The van der Waals surface area contributed by atoms with Gasteiger partial charge in [-0.1, -0.05) is 30.2 Å². The number of hydrogen-bond acceptors (Lipinski definition) is 3. The molecule has 1 aliphatic carbocycles. The number of halogens is 2. The lowest BCUT2D eigenvalue weighted by Gasteiger charge is -2.42. The Morgan fingerprint density at radius 1 is 1.19 bits per heavy atom. The van der Waals surface area contributed by atoms with Crippen molar-refractivity contribution >= 4 is 41.5 Å². The van der Waals surface area contributed by atoms with Crippen LogP contribution in [0.1, 0.15) is 31.2 Å². The van der Waals surface area contributed by atoms with E-state index in [9.17, 15) is 0 Å². The van der Waals surface area contributed by atoms with Gasteiger partial charge in [-0.25, -0.2) is 0 Å². The maximum atomic E-state index is 5.87. The summed E-state index contributed by atoms with van der Waals surface area (Å²) < 4.78 is 10.9. The van der Waals surface area contributed by atoms with Gasteiger partial charge in [0.05, 0.1) is 13.2 Å². The third-order valence-corrected chi connectivity index (χ3v) is 5.08. The highest BCUT2D eigenvalue weighted by Crippen LogP contribution is 2.43. The fourth-order valence-corrected chi connectivity index (χ4v) is 3.14. The van der Waals surface area contributed by atoms with E-state index in [2.05, 4.69) is 15.6 Å². The number of methoxy groups -OCH3 is 1. The van der Waals surface area contributed by atoms with Gasteiger partial charge < -0.3 is 20.1 Å². The standard InChI is InChI=1S/C19H30ClN3O2.HI/c1-21-18(23-15-19(8-3-9-19)10-12-24-2)22-11-13-25-14-16-4-6-17(20)7-5-16;/h4-7H,3,8-15H2,1-2H3,(H2,21,22,23);1H. The van der Waals surface area contributed by atoms with Crippen molar-refractivity contribution in [2.24, 2.45) is 10.4 Å². The number of ether oxygens (including phenoxy) is 2. The summed E-state index contributed by atoms with van der Waals surface area (Å²) in [5.74, 6) is 0.832. The van der Waals surface area contributed by atoms with Gasteiger partial charge in [0.15, 0.2) is 5.96 Å². The van der Waals surface area contributed by atoms with Crippen LogP contribution in [0.3, 0.4) is 0 Å². The first-order valence-corrected chi connectivity index (χ1v) is 9.31. The van der Waals surface area contributed by atoms with Crippen molar-refractivity contribution in [3.63, 3.8) is 0 Å². The van der Waals surface area contributed by atoms with Crippen molar-refractivity contribution in [1.82, 2.24) is 10.6 Å². The maximum Gasteiger partial charge on any atom is 0.191 e. The molecular weight excluding hydrogens is 465 g/mol. The van der Waals surface area contributed by atoms with Crippen LogP contribution < -0.4 is 10.6 Å². The highest BCUT2D eigenvalue weighted by atomic mass is 127. The molecule has 0 saturated heterocycles. The third-order valence-electron chi connectivity index (χ3n) is 4.83. The second-order valence-electron chi connectivity index (χ2n) is 6.63. The molecular formula is C19H31ClIN3O2. The SMILES string of the molecule is CN=C(NCCOCc1ccc(Cl)cc1)NCC1(CCOC)CCC1.I. The highest BCUT2D eigenvalue weighted by molar-refractivity contribution is 14.0. The van der Waals surface area contributed by atoms with Crippen LogP contribution in [0.4, 0.5) is 0 Å². The molecule has 0 heterocycles. The molecule has 0 atom stereocenters. The Morgan fingerprint density at radius 3 is 2.50 bits per heavy atom. The van der Waals surface area contributed by atoms with E-state index in [0.29, 0.717) is 18.6 Å². The Morgan fingerprint density at radius 2 is 1.92 bits per heavy atom. The number of rotatable bonds is 10. The molecule has 0 amide bonds. The molecule has 0 aliphatic heterocycles. The summed E-state index contributed by atoms with van der Waals surface area (Å²) in [7, 11) is 3.57. The number of nitrogens with zero attached hydrogens (tertiary/aromatic N) is 1. The van der Waals surface area contributed by atoms with Crippen LogP contribution in [0.2, 0.25) is 5.02 Å². The summed E-state index contributed by atoms with van der Waals surface area (Å²) in [6.45, 7) is 3.70. The minimum absolute atomic E-state index is 0. The van der Waals surface area contributed by atoms with Crippen molar-refractivity contribution in [3.8, 4) is 0 Å². The molecule has 0 aromatic heterocycles. The molecule has 1 aromatic carbocycles. The first kappa shape index (κ1) is 23.5. The van der Waals surface area contributed by atoms with Gasteiger partial charge in [-0.05, 0) is 42.4 Å². The zero-order valence-corrected chi connectivity index (χ0v) is 18.8. The zero-order valence-electron chi connectivity index (χ0n) is 15.7. The van der Waals surface area contributed by atoms with E-state index >= 15 is 0 Å². The smallest absolute Gasteiger partial charge is 0.191 e. The minimum Gasteiger partial charge on any atom is -0.385 e. The number of nitrogens with one attached hydrogen (secondary N) is 2. The minimum atomic E-state index is 0. The van der Waals surface area contributed by atoms with Crippen molar-refractivity contribution in [2.75, 3.05) is 40.5 Å². The molecule has 7 heteroatoms. The predicted molar refractivity (Wildman–Crippen MR) is 119 cm³/mol. The Hall–Kier alpha value is -0.570. The second-order valence-corrected chi connectivity index (χ2v) is 7.06. The molecule has 1 fully saturated rings. The lowest BCUT2D eigenvalue weighted by atomic mass is 9.67. The highest BCUT2D eigenvalue weighted by Gasteiger charge is 2.36. The van der Waals surface area contributed by atoms with Gasteiger partial charge in [0, 0.05) is 38.9 Å². The lowest BCUT2D eigenvalue weighted by molar-refractivity contribution is 0.0731. The molecule has 1 saturated carbocycles. The van der Waals surface area contributed by atoms with Crippen LogP contribution in [0.15, 0.2) is 29.3 Å². The van der Waals surface area contributed by atoms with Crippen LogP contribution in [0, 0.1) is 5.41 Å². The molecule has 1 aliphatic rings. The van der Waals surface area contributed by atoms with Crippen molar-refractivity contribution in [3.05, 3.63) is 34.9 Å².